The van der Waals surface area contributed by atoms with Crippen molar-refractivity contribution >= 4 is 45.7 Å². The fourth-order valence-electron chi connectivity index (χ4n) is 4.01. The van der Waals surface area contributed by atoms with E-state index in [2.05, 4.69) is 22.1 Å². The summed E-state index contributed by atoms with van der Waals surface area (Å²) < 4.78 is 1.63. The van der Waals surface area contributed by atoms with Gasteiger partial charge in [-0.15, -0.1) is 10.2 Å². The first-order valence-electron chi connectivity index (χ1n) is 9.84. The van der Waals surface area contributed by atoms with Crippen LogP contribution in [0.2, 0.25) is 0 Å². The molecule has 1 amide bonds. The van der Waals surface area contributed by atoms with Crippen molar-refractivity contribution in [3.8, 4) is 0 Å². The third-order valence-corrected chi connectivity index (χ3v) is 6.21. The van der Waals surface area contributed by atoms with E-state index in [9.17, 15) is 14.7 Å². The average molecular weight is 414 g/mol. The molecule has 1 fully saturated rings. The summed E-state index contributed by atoms with van der Waals surface area (Å²) in [6.45, 7) is 2.71. The van der Waals surface area contributed by atoms with E-state index in [0.717, 1.165) is 36.7 Å². The minimum absolute atomic E-state index is 0.0938. The summed E-state index contributed by atoms with van der Waals surface area (Å²) >= 11 is 1.25. The number of aromatic nitrogens is 4. The van der Waals surface area contributed by atoms with Crippen LogP contribution in [0.3, 0.4) is 0 Å². The highest BCUT2D eigenvalue weighted by molar-refractivity contribution is 7.99. The molecule has 1 N–H and O–H groups in total. The molecular weight excluding hydrogens is 390 g/mol. The number of rotatable bonds is 6. The highest BCUT2D eigenvalue weighted by atomic mass is 32.2. The first kappa shape index (κ1) is 19.6. The standard InChI is InChI=1S/C20H23N5O3S/c1-2-13-7-5-6-10-24(13)16(26)12-29-20-21-19-18(22-23-20)14-8-3-4-9-15(14)25(19)11-17(27)28/h3-4,8-9,13H,2,5-7,10-12H2,1H3,(H,27,28)/t13-/m0/s1. The van der Waals surface area contributed by atoms with Gasteiger partial charge in [0, 0.05) is 18.0 Å². The number of para-hydroxylation sites is 1. The number of carbonyl (C=O) groups excluding carboxylic acids is 1. The van der Waals surface area contributed by atoms with Gasteiger partial charge in [0.25, 0.3) is 0 Å². The van der Waals surface area contributed by atoms with E-state index in [0.29, 0.717) is 22.4 Å². The Morgan fingerprint density at radius 1 is 1.24 bits per heavy atom. The zero-order chi connectivity index (χ0) is 20.4. The third-order valence-electron chi connectivity index (χ3n) is 5.39. The van der Waals surface area contributed by atoms with Crippen LogP contribution in [0.15, 0.2) is 29.4 Å². The molecule has 0 unspecified atom stereocenters. The number of thioether (sulfide) groups is 1. The molecular formula is C20H23N5O3S. The Morgan fingerprint density at radius 3 is 2.86 bits per heavy atom. The van der Waals surface area contributed by atoms with Gasteiger partial charge < -0.3 is 14.6 Å². The van der Waals surface area contributed by atoms with Gasteiger partial charge in [-0.05, 0) is 31.7 Å². The second kappa shape index (κ2) is 8.36. The minimum Gasteiger partial charge on any atom is -0.480 e. The molecule has 0 saturated carbocycles. The van der Waals surface area contributed by atoms with Gasteiger partial charge in [0.05, 0.1) is 11.3 Å². The molecule has 9 heteroatoms. The van der Waals surface area contributed by atoms with Gasteiger partial charge in [-0.1, -0.05) is 36.9 Å². The molecule has 0 aliphatic carbocycles. The fourth-order valence-corrected chi connectivity index (χ4v) is 4.68. The Hall–Kier alpha value is -2.68. The van der Waals surface area contributed by atoms with Crippen LogP contribution in [0.4, 0.5) is 0 Å². The summed E-state index contributed by atoms with van der Waals surface area (Å²) in [7, 11) is 0. The lowest BCUT2D eigenvalue weighted by Crippen LogP contribution is -2.44. The predicted octanol–water partition coefficient (Wildman–Crippen LogP) is 2.95. The topological polar surface area (TPSA) is 101 Å². The predicted molar refractivity (Wildman–Crippen MR) is 111 cm³/mol. The number of fused-ring (bicyclic) bond motifs is 3. The summed E-state index contributed by atoms with van der Waals surface area (Å²) in [5.41, 5.74) is 1.80. The number of carboxylic acids is 1. The molecule has 3 aromatic rings. The van der Waals surface area contributed by atoms with Crippen LogP contribution in [0.25, 0.3) is 22.1 Å². The molecule has 1 aliphatic rings. The molecule has 4 rings (SSSR count). The van der Waals surface area contributed by atoms with E-state index in [1.54, 1.807) is 4.57 Å². The Bertz CT molecular complexity index is 1070. The monoisotopic (exact) mass is 413 g/mol. The first-order chi connectivity index (χ1) is 14.1. The lowest BCUT2D eigenvalue weighted by molar-refractivity contribution is -0.137. The number of nitrogens with zero attached hydrogens (tertiary/aromatic N) is 5. The number of benzene rings is 1. The van der Waals surface area contributed by atoms with Gasteiger partial charge in [-0.2, -0.15) is 0 Å². The zero-order valence-corrected chi connectivity index (χ0v) is 17.1. The lowest BCUT2D eigenvalue weighted by atomic mass is 10.0. The van der Waals surface area contributed by atoms with Crippen molar-refractivity contribution in [3.63, 3.8) is 0 Å². The SMILES string of the molecule is CC[C@H]1CCCCN1C(=O)CSc1nnc2c3ccccc3n(CC(=O)O)c2n1. The van der Waals surface area contributed by atoms with E-state index in [1.807, 2.05) is 29.2 Å². The molecule has 3 heterocycles. The normalized spacial score (nSPS) is 17.1. The average Bonchev–Trinajstić information content (AvgIpc) is 3.04. The molecule has 29 heavy (non-hydrogen) atoms. The van der Waals surface area contributed by atoms with Gasteiger partial charge in [0.1, 0.15) is 12.1 Å². The summed E-state index contributed by atoms with van der Waals surface area (Å²) in [6.07, 6.45) is 4.25. The summed E-state index contributed by atoms with van der Waals surface area (Å²) in [6, 6.07) is 7.77. The highest BCUT2D eigenvalue weighted by Crippen LogP contribution is 2.27. The van der Waals surface area contributed by atoms with E-state index in [4.69, 9.17) is 0 Å². The maximum Gasteiger partial charge on any atom is 0.323 e. The van der Waals surface area contributed by atoms with E-state index < -0.39 is 5.97 Å². The maximum absolute atomic E-state index is 12.7. The smallest absolute Gasteiger partial charge is 0.323 e. The van der Waals surface area contributed by atoms with Crippen LogP contribution in [-0.2, 0) is 16.1 Å². The van der Waals surface area contributed by atoms with Crippen LogP contribution in [0.1, 0.15) is 32.6 Å². The Balaban J connectivity index is 1.59. The van der Waals surface area contributed by atoms with Crippen LogP contribution >= 0.6 is 11.8 Å². The van der Waals surface area contributed by atoms with Gasteiger partial charge in [-0.3, -0.25) is 9.59 Å². The number of likely N-dealkylation sites (tertiary alicyclic amines) is 1. The molecule has 0 spiro atoms. The molecule has 0 radical (unpaired) electrons. The Labute approximate surface area is 172 Å². The number of carbonyl (C=O) groups is 2. The van der Waals surface area contributed by atoms with E-state index in [-0.39, 0.29) is 18.2 Å². The van der Waals surface area contributed by atoms with Crippen molar-refractivity contribution in [2.75, 3.05) is 12.3 Å². The second-order valence-corrected chi connectivity index (χ2v) is 8.14. The van der Waals surface area contributed by atoms with E-state index in [1.165, 1.54) is 18.2 Å². The van der Waals surface area contributed by atoms with Crippen molar-refractivity contribution in [3.05, 3.63) is 24.3 Å². The van der Waals surface area contributed by atoms with Crippen LogP contribution in [-0.4, -0.2) is 60.0 Å². The van der Waals surface area contributed by atoms with Crippen molar-refractivity contribution in [1.29, 1.82) is 0 Å². The van der Waals surface area contributed by atoms with Gasteiger partial charge in [0.2, 0.25) is 11.1 Å². The van der Waals surface area contributed by atoms with E-state index >= 15 is 0 Å². The molecule has 1 aliphatic heterocycles. The number of piperidine rings is 1. The number of hydrogen-bond donors (Lipinski definition) is 1. The fraction of sp³-hybridized carbons (Fsp3) is 0.450. The summed E-state index contributed by atoms with van der Waals surface area (Å²) in [5.74, 6) is -0.606. The second-order valence-electron chi connectivity index (χ2n) is 7.20. The van der Waals surface area contributed by atoms with Gasteiger partial charge >= 0.3 is 5.97 Å². The minimum atomic E-state index is -0.952. The zero-order valence-electron chi connectivity index (χ0n) is 16.2. The van der Waals surface area contributed by atoms with Gasteiger partial charge in [-0.25, -0.2) is 4.98 Å². The quantitative estimate of drug-likeness (QED) is 0.620. The van der Waals surface area contributed by atoms with Crippen molar-refractivity contribution in [2.45, 2.75) is 50.4 Å². The molecule has 1 saturated heterocycles. The number of aliphatic carboxylic acids is 1. The number of amides is 1. The molecule has 8 nitrogen and oxygen atoms in total. The Morgan fingerprint density at radius 2 is 2.07 bits per heavy atom. The van der Waals surface area contributed by atoms with Crippen LogP contribution in [0, 0.1) is 0 Å². The largest absolute Gasteiger partial charge is 0.480 e. The molecule has 152 valence electrons. The lowest BCUT2D eigenvalue weighted by Gasteiger charge is -2.35. The van der Waals surface area contributed by atoms with Crippen LogP contribution in [0.5, 0.6) is 0 Å². The number of carboxylic acid groups (broad SMARTS) is 1. The third kappa shape index (κ3) is 3.91. The molecule has 2 aromatic heterocycles. The maximum atomic E-state index is 12.7. The number of hydrogen-bond acceptors (Lipinski definition) is 6. The van der Waals surface area contributed by atoms with Gasteiger partial charge in [0.15, 0.2) is 5.65 Å². The molecule has 1 aromatic carbocycles. The summed E-state index contributed by atoms with van der Waals surface area (Å²) in [5, 5.41) is 19.0. The van der Waals surface area contributed by atoms with Crippen molar-refractivity contribution < 1.29 is 14.7 Å². The van der Waals surface area contributed by atoms with Crippen LogP contribution < -0.4 is 0 Å². The highest BCUT2D eigenvalue weighted by Gasteiger charge is 2.25. The van der Waals surface area contributed by atoms with Crippen molar-refractivity contribution in [1.82, 2.24) is 24.6 Å². The van der Waals surface area contributed by atoms with Crippen molar-refractivity contribution in [2.24, 2.45) is 0 Å². The first-order valence-corrected chi connectivity index (χ1v) is 10.8. The summed E-state index contributed by atoms with van der Waals surface area (Å²) in [4.78, 5) is 30.6. The molecule has 0 bridgehead atoms. The molecule has 1 atom stereocenters. The Kier molecular flexibility index (Phi) is 5.66.